The molecule has 1 atom stereocenters. The molecule has 2 aliphatic heterocycles. The summed E-state index contributed by atoms with van der Waals surface area (Å²) in [6, 6.07) is 1.58. The van der Waals surface area contributed by atoms with Gasteiger partial charge in [-0.3, -0.25) is 4.90 Å². The quantitative estimate of drug-likeness (QED) is 0.756. The van der Waals surface area contributed by atoms with E-state index in [1.54, 1.807) is 0 Å². The smallest absolute Gasteiger partial charge is 0.0349 e. The number of rotatable bonds is 2. The van der Waals surface area contributed by atoms with E-state index >= 15 is 0 Å². The van der Waals surface area contributed by atoms with E-state index in [1.807, 2.05) is 0 Å². The molecule has 2 fully saturated rings. The Morgan fingerprint density at radius 2 is 1.87 bits per heavy atom. The summed E-state index contributed by atoms with van der Waals surface area (Å²) in [4.78, 5) is 5.19. The second-order valence-corrected chi connectivity index (χ2v) is 5.12. The van der Waals surface area contributed by atoms with Gasteiger partial charge in [-0.05, 0) is 13.0 Å². The first-order chi connectivity index (χ1) is 6.68. The Balaban J connectivity index is 0.00000112. The molecule has 2 aliphatic rings. The Kier molecular flexibility index (Phi) is 4.84. The van der Waals surface area contributed by atoms with E-state index in [0.29, 0.717) is 0 Å². The van der Waals surface area contributed by atoms with Crippen molar-refractivity contribution in [1.82, 2.24) is 15.1 Å². The van der Waals surface area contributed by atoms with Gasteiger partial charge in [0.05, 0.1) is 0 Å². The summed E-state index contributed by atoms with van der Waals surface area (Å²) in [5, 5.41) is 3.37. The summed E-state index contributed by atoms with van der Waals surface area (Å²) in [5.74, 6) is 0.776. The van der Waals surface area contributed by atoms with Crippen LogP contribution in [0.25, 0.3) is 0 Å². The molecule has 0 radical (unpaired) electrons. The average molecular weight is 234 g/mol. The number of piperazine rings is 1. The van der Waals surface area contributed by atoms with Crippen LogP contribution in [0, 0.1) is 5.92 Å². The van der Waals surface area contributed by atoms with Crippen LogP contribution in [-0.2, 0) is 0 Å². The molecule has 0 spiro atoms. The van der Waals surface area contributed by atoms with Gasteiger partial charge < -0.3 is 10.2 Å². The van der Waals surface area contributed by atoms with Gasteiger partial charge in [-0.25, -0.2) is 0 Å². The van der Waals surface area contributed by atoms with Crippen LogP contribution < -0.4 is 5.32 Å². The molecule has 2 saturated heterocycles. The Labute approximate surface area is 99.6 Å². The molecule has 2 heterocycles. The van der Waals surface area contributed by atoms with Crippen molar-refractivity contribution in [3.63, 3.8) is 0 Å². The molecule has 0 saturated carbocycles. The van der Waals surface area contributed by atoms with E-state index < -0.39 is 0 Å². The van der Waals surface area contributed by atoms with E-state index in [2.05, 4.69) is 36.0 Å². The molecular weight excluding hydrogens is 210 g/mol. The molecule has 0 amide bonds. The van der Waals surface area contributed by atoms with Crippen LogP contribution in [0.15, 0.2) is 0 Å². The van der Waals surface area contributed by atoms with Crippen LogP contribution >= 0.6 is 12.4 Å². The maximum Gasteiger partial charge on any atom is 0.0349 e. The highest BCUT2D eigenvalue weighted by molar-refractivity contribution is 5.85. The Morgan fingerprint density at radius 1 is 1.20 bits per heavy atom. The standard InChI is InChI=1S/C11H23N3.ClH/c1-9(2)11-8-13(3)4-5-14(11)10-6-12-7-10;/h9-12H,4-8H2,1-3H3;1H. The zero-order chi connectivity index (χ0) is 10.1. The van der Waals surface area contributed by atoms with Gasteiger partial charge in [0, 0.05) is 44.8 Å². The van der Waals surface area contributed by atoms with Crippen LogP contribution in [-0.4, -0.2) is 61.7 Å². The first-order valence-corrected chi connectivity index (χ1v) is 5.83. The third kappa shape index (κ3) is 2.84. The van der Waals surface area contributed by atoms with E-state index in [1.165, 1.54) is 32.7 Å². The third-order valence-electron chi connectivity index (χ3n) is 3.66. The first kappa shape index (κ1) is 13.2. The second-order valence-electron chi connectivity index (χ2n) is 5.12. The fourth-order valence-corrected chi connectivity index (χ4v) is 2.52. The molecule has 0 aromatic carbocycles. The number of nitrogens with zero attached hydrogens (tertiary/aromatic N) is 2. The van der Waals surface area contributed by atoms with Gasteiger partial charge in [0.2, 0.25) is 0 Å². The lowest BCUT2D eigenvalue weighted by molar-refractivity contribution is 0.0109. The number of nitrogens with one attached hydrogen (secondary N) is 1. The molecule has 0 aromatic rings. The maximum absolute atomic E-state index is 3.37. The lowest BCUT2D eigenvalue weighted by Gasteiger charge is -2.49. The molecule has 3 nitrogen and oxygen atoms in total. The molecule has 2 rings (SSSR count). The highest BCUT2D eigenvalue weighted by Gasteiger charge is 2.34. The minimum absolute atomic E-state index is 0. The molecule has 0 aromatic heterocycles. The number of likely N-dealkylation sites (N-methyl/N-ethyl adjacent to an activating group) is 1. The van der Waals surface area contributed by atoms with Crippen LogP contribution in [0.1, 0.15) is 13.8 Å². The van der Waals surface area contributed by atoms with E-state index in [-0.39, 0.29) is 12.4 Å². The lowest BCUT2D eigenvalue weighted by atomic mass is 9.96. The van der Waals surface area contributed by atoms with Crippen LogP contribution in [0.3, 0.4) is 0 Å². The average Bonchev–Trinajstić information content (AvgIpc) is 2.04. The SMILES string of the molecule is CC(C)C1CN(C)CCN1C1CNC1.Cl. The first-order valence-electron chi connectivity index (χ1n) is 5.83. The topological polar surface area (TPSA) is 18.5 Å². The van der Waals surface area contributed by atoms with Gasteiger partial charge in [0.25, 0.3) is 0 Å². The molecule has 1 unspecified atom stereocenters. The summed E-state index contributed by atoms with van der Waals surface area (Å²) in [7, 11) is 2.24. The summed E-state index contributed by atoms with van der Waals surface area (Å²) in [6.45, 7) is 10.8. The summed E-state index contributed by atoms with van der Waals surface area (Å²) in [5.41, 5.74) is 0. The molecule has 1 N–H and O–H groups in total. The number of hydrogen-bond acceptors (Lipinski definition) is 3. The van der Waals surface area contributed by atoms with Gasteiger partial charge in [0.1, 0.15) is 0 Å². The fourth-order valence-electron chi connectivity index (χ4n) is 2.52. The predicted molar refractivity (Wildman–Crippen MR) is 66.7 cm³/mol. The number of halogens is 1. The van der Waals surface area contributed by atoms with Crippen molar-refractivity contribution < 1.29 is 0 Å². The maximum atomic E-state index is 3.37. The van der Waals surface area contributed by atoms with Crippen molar-refractivity contribution in [2.75, 3.05) is 39.8 Å². The predicted octanol–water partition coefficient (Wildman–Crippen LogP) is 0.652. The number of hydrogen-bond donors (Lipinski definition) is 1. The van der Waals surface area contributed by atoms with Crippen molar-refractivity contribution in [3.05, 3.63) is 0 Å². The highest BCUT2D eigenvalue weighted by Crippen LogP contribution is 2.20. The fraction of sp³-hybridized carbons (Fsp3) is 1.00. The summed E-state index contributed by atoms with van der Waals surface area (Å²) in [6.07, 6.45) is 0. The van der Waals surface area contributed by atoms with Gasteiger partial charge in [-0.1, -0.05) is 13.8 Å². The largest absolute Gasteiger partial charge is 0.314 e. The van der Waals surface area contributed by atoms with E-state index in [4.69, 9.17) is 0 Å². The van der Waals surface area contributed by atoms with Crippen LogP contribution in [0.2, 0.25) is 0 Å². The van der Waals surface area contributed by atoms with Crippen molar-refractivity contribution in [3.8, 4) is 0 Å². The van der Waals surface area contributed by atoms with Crippen molar-refractivity contribution >= 4 is 12.4 Å². The van der Waals surface area contributed by atoms with Crippen molar-refractivity contribution in [1.29, 1.82) is 0 Å². The Hall–Kier alpha value is 0.170. The summed E-state index contributed by atoms with van der Waals surface area (Å²) < 4.78 is 0. The van der Waals surface area contributed by atoms with Crippen molar-refractivity contribution in [2.45, 2.75) is 25.9 Å². The molecular formula is C11H24ClN3. The minimum Gasteiger partial charge on any atom is -0.314 e. The van der Waals surface area contributed by atoms with Crippen LogP contribution in [0.5, 0.6) is 0 Å². The third-order valence-corrected chi connectivity index (χ3v) is 3.66. The molecule has 90 valence electrons. The molecule has 4 heteroatoms. The van der Waals surface area contributed by atoms with E-state index in [9.17, 15) is 0 Å². The zero-order valence-electron chi connectivity index (χ0n) is 10.1. The van der Waals surface area contributed by atoms with Gasteiger partial charge in [-0.15, -0.1) is 12.4 Å². The van der Waals surface area contributed by atoms with Crippen LogP contribution in [0.4, 0.5) is 0 Å². The molecule has 0 aliphatic carbocycles. The van der Waals surface area contributed by atoms with Gasteiger partial charge in [0.15, 0.2) is 0 Å². The minimum atomic E-state index is 0. The molecule has 0 bridgehead atoms. The van der Waals surface area contributed by atoms with Gasteiger partial charge in [-0.2, -0.15) is 0 Å². The monoisotopic (exact) mass is 233 g/mol. The van der Waals surface area contributed by atoms with Crippen molar-refractivity contribution in [2.24, 2.45) is 5.92 Å². The van der Waals surface area contributed by atoms with E-state index in [0.717, 1.165) is 18.0 Å². The Morgan fingerprint density at radius 3 is 2.33 bits per heavy atom. The Bertz CT molecular complexity index is 194. The summed E-state index contributed by atoms with van der Waals surface area (Å²) >= 11 is 0. The second kappa shape index (κ2) is 5.48. The highest BCUT2D eigenvalue weighted by atomic mass is 35.5. The zero-order valence-corrected chi connectivity index (χ0v) is 10.9. The van der Waals surface area contributed by atoms with Gasteiger partial charge >= 0.3 is 0 Å². The normalized spacial score (nSPS) is 30.0. The molecule has 15 heavy (non-hydrogen) atoms. The lowest BCUT2D eigenvalue weighted by Crippen LogP contribution is -2.65.